The van der Waals surface area contributed by atoms with Crippen molar-refractivity contribution in [3.8, 4) is 0 Å². The molecular weight excluding hydrogens is 424 g/mol. The molecule has 0 radical (unpaired) electrons. The number of hydrazine groups is 1. The minimum absolute atomic E-state index is 0.178. The van der Waals surface area contributed by atoms with Gasteiger partial charge >= 0.3 is 12.1 Å². The molecule has 0 saturated carbocycles. The first kappa shape index (κ1) is 27.6. The van der Waals surface area contributed by atoms with Crippen molar-refractivity contribution in [2.45, 2.75) is 64.9 Å². The van der Waals surface area contributed by atoms with Crippen LogP contribution in [-0.4, -0.2) is 36.5 Å². The lowest BCUT2D eigenvalue weighted by Crippen LogP contribution is -2.43. The summed E-state index contributed by atoms with van der Waals surface area (Å²) in [6, 6.07) is 5.14. The van der Waals surface area contributed by atoms with Gasteiger partial charge in [-0.3, -0.25) is 15.0 Å². The maximum absolute atomic E-state index is 12.2. The molecule has 0 aliphatic carbocycles. The molecule has 1 aromatic rings. The maximum Gasteiger partial charge on any atom is 0.426 e. The molecule has 0 bridgehead atoms. The fraction of sp³-hybridized carbons (Fsp3) is 0.440. The number of Topliss-reactive ketones (excluding diaryl/α,β-unsaturated/α-hetero) is 1. The predicted octanol–water partition coefficient (Wildman–Crippen LogP) is 4.29. The van der Waals surface area contributed by atoms with Gasteiger partial charge in [-0.2, -0.15) is 0 Å². The number of ether oxygens (including phenoxy) is 2. The van der Waals surface area contributed by atoms with E-state index in [0.29, 0.717) is 24.8 Å². The van der Waals surface area contributed by atoms with Gasteiger partial charge in [-0.05, 0) is 69.7 Å². The summed E-state index contributed by atoms with van der Waals surface area (Å²) in [6.45, 7) is 8.77. The second-order valence-electron chi connectivity index (χ2n) is 8.44. The van der Waals surface area contributed by atoms with Gasteiger partial charge in [-0.15, -0.1) is 6.58 Å². The second kappa shape index (κ2) is 13.9. The third kappa shape index (κ3) is 11.7. The number of nitrogens with one attached hydrogen (secondary N) is 2. The van der Waals surface area contributed by atoms with Gasteiger partial charge in [-0.1, -0.05) is 18.2 Å². The number of amides is 2. The summed E-state index contributed by atoms with van der Waals surface area (Å²) in [5.74, 6) is -0.987. The SMILES string of the molecule is C=CCCCCC(=O)CCc1ccc(/C=C/C(=O)NNC(=O)OC(C)(C)C)c(C(=O)OC)c1. The van der Waals surface area contributed by atoms with Crippen LogP contribution in [0.25, 0.3) is 6.08 Å². The van der Waals surface area contributed by atoms with Crippen molar-refractivity contribution in [2.75, 3.05) is 7.11 Å². The molecule has 0 heterocycles. The zero-order chi connectivity index (χ0) is 24.9. The number of carbonyl (C=O) groups is 4. The zero-order valence-corrected chi connectivity index (χ0v) is 19.9. The Morgan fingerprint density at radius 2 is 1.79 bits per heavy atom. The summed E-state index contributed by atoms with van der Waals surface area (Å²) in [6.07, 6.45) is 7.78. The van der Waals surface area contributed by atoms with E-state index in [4.69, 9.17) is 9.47 Å². The van der Waals surface area contributed by atoms with Crippen LogP contribution >= 0.6 is 0 Å². The molecule has 0 atom stereocenters. The molecule has 0 fully saturated rings. The topological polar surface area (TPSA) is 111 Å². The quantitative estimate of drug-likeness (QED) is 0.168. The van der Waals surface area contributed by atoms with Crippen LogP contribution in [0.15, 0.2) is 36.9 Å². The molecule has 0 saturated heterocycles. The average Bonchev–Trinajstić information content (AvgIpc) is 2.76. The van der Waals surface area contributed by atoms with E-state index in [1.165, 1.54) is 19.3 Å². The molecular formula is C25H34N2O6. The van der Waals surface area contributed by atoms with Crippen LogP contribution in [0.5, 0.6) is 0 Å². The molecule has 2 N–H and O–H groups in total. The predicted molar refractivity (Wildman–Crippen MR) is 126 cm³/mol. The molecule has 0 spiro atoms. The van der Waals surface area contributed by atoms with Crippen LogP contribution in [0.4, 0.5) is 4.79 Å². The van der Waals surface area contributed by atoms with Gasteiger partial charge in [0.1, 0.15) is 11.4 Å². The van der Waals surface area contributed by atoms with Crippen molar-refractivity contribution in [3.05, 3.63) is 53.6 Å². The van der Waals surface area contributed by atoms with Gasteiger partial charge < -0.3 is 9.47 Å². The molecule has 0 aromatic heterocycles. The van der Waals surface area contributed by atoms with E-state index in [0.717, 1.165) is 24.8 Å². The summed E-state index contributed by atoms with van der Waals surface area (Å²) < 4.78 is 9.87. The Hall–Kier alpha value is -3.42. The Balaban J connectivity index is 2.74. The summed E-state index contributed by atoms with van der Waals surface area (Å²) >= 11 is 0. The van der Waals surface area contributed by atoms with E-state index in [2.05, 4.69) is 17.4 Å². The fourth-order valence-electron chi connectivity index (χ4n) is 2.83. The van der Waals surface area contributed by atoms with Gasteiger partial charge in [-0.25, -0.2) is 15.0 Å². The largest absolute Gasteiger partial charge is 0.465 e. The summed E-state index contributed by atoms with van der Waals surface area (Å²) in [7, 11) is 1.27. The summed E-state index contributed by atoms with van der Waals surface area (Å²) in [5.41, 5.74) is 5.21. The maximum atomic E-state index is 12.2. The number of esters is 1. The van der Waals surface area contributed by atoms with E-state index in [1.807, 2.05) is 6.08 Å². The number of allylic oxidation sites excluding steroid dienone is 1. The Bertz CT molecular complexity index is 883. The van der Waals surface area contributed by atoms with Gasteiger partial charge in [0.05, 0.1) is 12.7 Å². The summed E-state index contributed by atoms with van der Waals surface area (Å²) in [4.78, 5) is 47.9. The number of rotatable bonds is 11. The lowest BCUT2D eigenvalue weighted by molar-refractivity contribution is -0.119. The van der Waals surface area contributed by atoms with E-state index in [9.17, 15) is 19.2 Å². The molecule has 2 amide bonds. The van der Waals surface area contributed by atoms with Gasteiger partial charge in [0.15, 0.2) is 0 Å². The number of hydrogen-bond acceptors (Lipinski definition) is 6. The highest BCUT2D eigenvalue weighted by molar-refractivity contribution is 5.97. The van der Waals surface area contributed by atoms with Crippen molar-refractivity contribution in [2.24, 2.45) is 0 Å². The van der Waals surface area contributed by atoms with Crippen molar-refractivity contribution in [3.63, 3.8) is 0 Å². The first-order valence-corrected chi connectivity index (χ1v) is 10.9. The molecule has 0 unspecified atom stereocenters. The van der Waals surface area contributed by atoms with Crippen molar-refractivity contribution >= 4 is 29.8 Å². The number of unbranched alkanes of at least 4 members (excludes halogenated alkanes) is 2. The monoisotopic (exact) mass is 458 g/mol. The third-order valence-electron chi connectivity index (χ3n) is 4.43. The first-order chi connectivity index (χ1) is 15.6. The Morgan fingerprint density at radius 1 is 1.06 bits per heavy atom. The minimum Gasteiger partial charge on any atom is -0.465 e. The van der Waals surface area contributed by atoms with Crippen LogP contribution in [0, 0.1) is 0 Å². The first-order valence-electron chi connectivity index (χ1n) is 10.9. The lowest BCUT2D eigenvalue weighted by atomic mass is 9.98. The Labute approximate surface area is 195 Å². The smallest absolute Gasteiger partial charge is 0.426 e. The normalized spacial score (nSPS) is 11.0. The highest BCUT2D eigenvalue weighted by atomic mass is 16.6. The average molecular weight is 459 g/mol. The zero-order valence-electron chi connectivity index (χ0n) is 19.9. The molecule has 8 heteroatoms. The number of methoxy groups -OCH3 is 1. The highest BCUT2D eigenvalue weighted by Crippen LogP contribution is 2.17. The highest BCUT2D eigenvalue weighted by Gasteiger charge is 2.16. The Morgan fingerprint density at radius 3 is 2.42 bits per heavy atom. The third-order valence-corrected chi connectivity index (χ3v) is 4.43. The molecule has 33 heavy (non-hydrogen) atoms. The standard InChI is InChI=1S/C25H34N2O6/c1-6-7-8-9-10-20(28)15-12-18-11-13-19(21(17-18)23(30)32-5)14-16-22(29)26-27-24(31)33-25(2,3)4/h6,11,13-14,16-17H,1,7-10,12,15H2,2-5H3,(H,26,29)(H,27,31)/b16-14+. The van der Waals surface area contributed by atoms with Crippen LogP contribution < -0.4 is 10.9 Å². The number of benzene rings is 1. The second-order valence-corrected chi connectivity index (χ2v) is 8.44. The molecule has 180 valence electrons. The summed E-state index contributed by atoms with van der Waals surface area (Å²) in [5, 5.41) is 0. The van der Waals surface area contributed by atoms with Crippen molar-refractivity contribution in [1.82, 2.24) is 10.9 Å². The number of aryl methyl sites for hydroxylation is 1. The van der Waals surface area contributed by atoms with Crippen molar-refractivity contribution < 1.29 is 28.7 Å². The van der Waals surface area contributed by atoms with E-state index in [1.54, 1.807) is 39.0 Å². The van der Waals surface area contributed by atoms with Crippen LogP contribution in [-0.2, 0) is 25.5 Å². The van der Waals surface area contributed by atoms with E-state index < -0.39 is 23.6 Å². The molecule has 0 aliphatic heterocycles. The van der Waals surface area contributed by atoms with Gasteiger partial charge in [0, 0.05) is 18.9 Å². The number of carbonyl (C=O) groups excluding carboxylic acids is 4. The molecule has 1 rings (SSSR count). The van der Waals surface area contributed by atoms with Crippen LogP contribution in [0.3, 0.4) is 0 Å². The molecule has 0 aliphatic rings. The lowest BCUT2D eigenvalue weighted by Gasteiger charge is -2.19. The molecule has 1 aromatic carbocycles. The van der Waals surface area contributed by atoms with Crippen LogP contribution in [0.2, 0.25) is 0 Å². The van der Waals surface area contributed by atoms with Gasteiger partial charge in [0.25, 0.3) is 5.91 Å². The number of hydrogen-bond donors (Lipinski definition) is 2. The van der Waals surface area contributed by atoms with Gasteiger partial charge in [0.2, 0.25) is 0 Å². The molecule has 8 nitrogen and oxygen atoms in total. The Kier molecular flexibility index (Phi) is 11.6. The van der Waals surface area contributed by atoms with E-state index >= 15 is 0 Å². The van der Waals surface area contributed by atoms with Crippen LogP contribution in [0.1, 0.15) is 74.4 Å². The van der Waals surface area contributed by atoms with Crippen molar-refractivity contribution in [1.29, 1.82) is 0 Å². The van der Waals surface area contributed by atoms with E-state index in [-0.39, 0.29) is 11.3 Å². The fourth-order valence-corrected chi connectivity index (χ4v) is 2.83. The minimum atomic E-state index is -0.792. The number of ketones is 1.